The topological polar surface area (TPSA) is 24.4 Å². The van der Waals surface area contributed by atoms with E-state index in [0.717, 1.165) is 23.4 Å². The highest BCUT2D eigenvalue weighted by Crippen LogP contribution is 2.42. The van der Waals surface area contributed by atoms with Crippen molar-refractivity contribution < 1.29 is 0 Å². The van der Waals surface area contributed by atoms with E-state index < -0.39 is 0 Å². The first-order chi connectivity index (χ1) is 23.7. The molecule has 0 bridgehead atoms. The lowest BCUT2D eigenvalue weighted by Gasteiger charge is -2.15. The van der Waals surface area contributed by atoms with Crippen molar-refractivity contribution in [1.29, 1.82) is 0 Å². The Morgan fingerprint density at radius 2 is 1.50 bits per heavy atom. The van der Waals surface area contributed by atoms with Crippen molar-refractivity contribution in [2.24, 2.45) is 10.9 Å². The van der Waals surface area contributed by atoms with E-state index in [9.17, 15) is 0 Å². The Bertz CT molecular complexity index is 2320. The van der Waals surface area contributed by atoms with E-state index >= 15 is 0 Å². The Balaban J connectivity index is 1.05. The fraction of sp³-hybridized carbons (Fsp3) is 0.0889. The van der Waals surface area contributed by atoms with Crippen LogP contribution >= 0.6 is 11.3 Å². The lowest BCUT2D eigenvalue weighted by atomic mass is 9.90. The summed E-state index contributed by atoms with van der Waals surface area (Å²) in [6.07, 6.45) is 9.75. The van der Waals surface area contributed by atoms with Gasteiger partial charge in [0.15, 0.2) is 0 Å². The molecule has 3 heteroatoms. The Morgan fingerprint density at radius 3 is 2.38 bits per heavy atom. The van der Waals surface area contributed by atoms with Crippen LogP contribution in [-0.2, 0) is 6.54 Å². The van der Waals surface area contributed by atoms with Gasteiger partial charge in [0.2, 0.25) is 0 Å². The summed E-state index contributed by atoms with van der Waals surface area (Å²) in [5.41, 5.74) is 11.9. The second kappa shape index (κ2) is 13.3. The Kier molecular flexibility index (Phi) is 8.28. The molecule has 0 amide bonds. The number of nitrogens with one attached hydrogen (secondary N) is 1. The van der Waals surface area contributed by atoms with Gasteiger partial charge < -0.3 is 5.32 Å². The van der Waals surface area contributed by atoms with E-state index in [2.05, 4.69) is 170 Å². The van der Waals surface area contributed by atoms with Crippen LogP contribution < -0.4 is 5.32 Å². The van der Waals surface area contributed by atoms with Gasteiger partial charge in [-0.05, 0) is 81.6 Å². The van der Waals surface area contributed by atoms with Gasteiger partial charge in [0, 0.05) is 43.3 Å². The number of hydrogen-bond donors (Lipinski definition) is 1. The summed E-state index contributed by atoms with van der Waals surface area (Å²) in [4.78, 5) is 4.79. The van der Waals surface area contributed by atoms with Gasteiger partial charge >= 0.3 is 0 Å². The van der Waals surface area contributed by atoms with Gasteiger partial charge in [-0.15, -0.1) is 11.3 Å². The van der Waals surface area contributed by atoms with Crippen molar-refractivity contribution in [3.8, 4) is 22.3 Å². The molecule has 0 saturated carbocycles. The molecule has 232 valence electrons. The molecule has 1 aliphatic carbocycles. The van der Waals surface area contributed by atoms with E-state index in [1.807, 2.05) is 17.6 Å². The molecule has 8 rings (SSSR count). The summed E-state index contributed by atoms with van der Waals surface area (Å²) >= 11 is 1.87. The molecule has 0 fully saturated rings. The number of rotatable bonds is 8. The third-order valence-corrected chi connectivity index (χ3v) is 10.3. The lowest BCUT2D eigenvalue weighted by molar-refractivity contribution is 0.749. The zero-order chi connectivity index (χ0) is 32.3. The molecule has 1 N–H and O–H groups in total. The average molecular weight is 637 g/mol. The smallest absolute Gasteiger partial charge is 0.0640 e. The van der Waals surface area contributed by atoms with Crippen LogP contribution in [0.15, 0.2) is 163 Å². The molecular weight excluding hydrogens is 601 g/mol. The second-order valence-corrected chi connectivity index (χ2v) is 13.6. The highest BCUT2D eigenvalue weighted by molar-refractivity contribution is 7.26. The Labute approximate surface area is 286 Å². The molecule has 0 aliphatic heterocycles. The predicted octanol–water partition coefficient (Wildman–Crippen LogP) is 12.7. The lowest BCUT2D eigenvalue weighted by Crippen LogP contribution is -1.97. The van der Waals surface area contributed by atoms with Gasteiger partial charge in [-0.25, -0.2) is 0 Å². The van der Waals surface area contributed by atoms with Crippen LogP contribution in [0.1, 0.15) is 30.0 Å². The maximum atomic E-state index is 4.79. The number of nitrogens with zero attached hydrogens (tertiary/aromatic N) is 1. The van der Waals surface area contributed by atoms with E-state index in [1.54, 1.807) is 0 Å². The Morgan fingerprint density at radius 1 is 0.708 bits per heavy atom. The van der Waals surface area contributed by atoms with Gasteiger partial charge in [0.05, 0.1) is 6.54 Å². The van der Waals surface area contributed by atoms with Crippen LogP contribution in [0.5, 0.6) is 0 Å². The van der Waals surface area contributed by atoms with Gasteiger partial charge in [-0.1, -0.05) is 134 Å². The summed E-state index contributed by atoms with van der Waals surface area (Å²) in [5, 5.41) is 6.39. The summed E-state index contributed by atoms with van der Waals surface area (Å²) in [5.74, 6) is 0.583. The van der Waals surface area contributed by atoms with Crippen molar-refractivity contribution >= 4 is 54.7 Å². The van der Waals surface area contributed by atoms with Crippen LogP contribution in [0.25, 0.3) is 48.0 Å². The van der Waals surface area contributed by atoms with Crippen LogP contribution in [0.3, 0.4) is 0 Å². The number of allylic oxidation sites excluding steroid dienone is 4. The largest absolute Gasteiger partial charge is 0.355 e. The summed E-state index contributed by atoms with van der Waals surface area (Å²) in [6.45, 7) is 2.93. The standard InChI is InChI=1S/C45H36N2S/c1-31-10-7-14-35(26-31)36-15-8-11-33(27-36)30-46-29-32-20-23-38(24-21-32)47-43-28-37(22-25-39(43)34-12-3-2-4-13-34)40-17-9-18-42-41-16-5-6-19-44(41)48-45(40)42/h2-25,27-29,31,47H,26,30H2,1H3/b46-29+. The third kappa shape index (κ3) is 6.25. The molecule has 1 aliphatic rings. The van der Waals surface area contributed by atoms with Crippen LogP contribution in [0.2, 0.25) is 0 Å². The quantitative estimate of drug-likeness (QED) is 0.165. The third-order valence-electron chi connectivity index (χ3n) is 9.10. The maximum Gasteiger partial charge on any atom is 0.0640 e. The fourth-order valence-electron chi connectivity index (χ4n) is 6.65. The molecule has 1 atom stereocenters. The maximum absolute atomic E-state index is 4.79. The molecule has 1 heterocycles. The zero-order valence-corrected chi connectivity index (χ0v) is 27.8. The minimum atomic E-state index is 0.583. The monoisotopic (exact) mass is 636 g/mol. The average Bonchev–Trinajstić information content (AvgIpc) is 3.52. The first kappa shape index (κ1) is 29.9. The number of anilines is 2. The summed E-state index contributed by atoms with van der Waals surface area (Å²) < 4.78 is 2.64. The molecule has 2 nitrogen and oxygen atoms in total. The van der Waals surface area contributed by atoms with Gasteiger partial charge in [0.25, 0.3) is 0 Å². The number of fused-ring (bicyclic) bond motifs is 3. The molecular formula is C45H36N2S. The first-order valence-electron chi connectivity index (χ1n) is 16.6. The Hall–Kier alpha value is -5.51. The van der Waals surface area contributed by atoms with Crippen molar-refractivity contribution in [3.05, 3.63) is 174 Å². The van der Waals surface area contributed by atoms with Gasteiger partial charge in [0.1, 0.15) is 0 Å². The molecule has 7 aromatic rings. The second-order valence-electron chi connectivity index (χ2n) is 12.6. The molecule has 0 radical (unpaired) electrons. The molecule has 6 aromatic carbocycles. The van der Waals surface area contributed by atoms with Crippen LogP contribution in [-0.4, -0.2) is 6.21 Å². The highest BCUT2D eigenvalue weighted by Gasteiger charge is 2.14. The van der Waals surface area contributed by atoms with Gasteiger partial charge in [-0.2, -0.15) is 0 Å². The number of aliphatic imine (C=N–C) groups is 1. The summed E-state index contributed by atoms with van der Waals surface area (Å²) in [6, 6.07) is 50.1. The molecule has 0 spiro atoms. The number of benzene rings is 6. The van der Waals surface area contributed by atoms with Gasteiger partial charge in [-0.3, -0.25) is 4.99 Å². The molecule has 1 aromatic heterocycles. The van der Waals surface area contributed by atoms with E-state index in [1.165, 1.54) is 59.1 Å². The number of hydrogen-bond acceptors (Lipinski definition) is 3. The van der Waals surface area contributed by atoms with Crippen molar-refractivity contribution in [2.45, 2.75) is 19.9 Å². The first-order valence-corrected chi connectivity index (χ1v) is 17.4. The normalized spacial score (nSPS) is 14.5. The van der Waals surface area contributed by atoms with E-state index in [-0.39, 0.29) is 0 Å². The summed E-state index contributed by atoms with van der Waals surface area (Å²) in [7, 11) is 0. The molecule has 0 saturated heterocycles. The zero-order valence-electron chi connectivity index (χ0n) is 26.9. The van der Waals surface area contributed by atoms with Crippen molar-refractivity contribution in [1.82, 2.24) is 0 Å². The van der Waals surface area contributed by atoms with Crippen LogP contribution in [0.4, 0.5) is 11.4 Å². The predicted molar refractivity (Wildman–Crippen MR) is 209 cm³/mol. The molecule has 1 unspecified atom stereocenters. The minimum absolute atomic E-state index is 0.583. The SMILES string of the molecule is CC1C=CC=C(c2cccc(C/N=C/c3ccc(Nc4cc(-c5cccc6c5sc5ccccc56)ccc4-c4ccccc4)cc3)c2)C1. The van der Waals surface area contributed by atoms with E-state index in [4.69, 9.17) is 4.99 Å². The van der Waals surface area contributed by atoms with Crippen molar-refractivity contribution in [3.63, 3.8) is 0 Å². The van der Waals surface area contributed by atoms with E-state index in [0.29, 0.717) is 12.5 Å². The van der Waals surface area contributed by atoms with Crippen LogP contribution in [0, 0.1) is 5.92 Å². The van der Waals surface area contributed by atoms with Crippen molar-refractivity contribution in [2.75, 3.05) is 5.32 Å². The molecule has 48 heavy (non-hydrogen) atoms. The highest BCUT2D eigenvalue weighted by atomic mass is 32.1. The minimum Gasteiger partial charge on any atom is -0.355 e. The fourth-order valence-corrected chi connectivity index (χ4v) is 7.89. The number of thiophene rings is 1.